The van der Waals surface area contributed by atoms with Gasteiger partial charge in [0.2, 0.25) is 0 Å². The van der Waals surface area contributed by atoms with Crippen LogP contribution in [0, 0.1) is 6.07 Å². The third kappa shape index (κ3) is 3.13. The van der Waals surface area contributed by atoms with Crippen molar-refractivity contribution in [3.05, 3.63) is 64.7 Å². The van der Waals surface area contributed by atoms with Crippen molar-refractivity contribution in [2.75, 3.05) is 20.3 Å². The van der Waals surface area contributed by atoms with E-state index in [1.165, 1.54) is 0 Å². The second kappa shape index (κ2) is 6.87. The molecule has 0 radical (unpaired) electrons. The number of benzene rings is 2. The quantitative estimate of drug-likeness (QED) is 0.606. The molecule has 3 rings (SSSR count). The van der Waals surface area contributed by atoms with Crippen molar-refractivity contribution < 1.29 is 33.1 Å². The molecule has 2 aromatic rings. The third-order valence-corrected chi connectivity index (χ3v) is 3.55. The number of ether oxygens (including phenoxy) is 3. The fourth-order valence-corrected chi connectivity index (χ4v) is 2.45. The molecule has 0 unspecified atom stereocenters. The van der Waals surface area contributed by atoms with E-state index >= 15 is 0 Å². The molecule has 1 saturated heterocycles. The summed E-state index contributed by atoms with van der Waals surface area (Å²) in [4.78, 5) is 0. The largest absolute Gasteiger partial charge is 1.00 e. The maximum absolute atomic E-state index is 5.90. The van der Waals surface area contributed by atoms with Gasteiger partial charge < -0.3 is 14.2 Å². The molecule has 1 heterocycles. The fourth-order valence-electron chi connectivity index (χ4n) is 2.33. The van der Waals surface area contributed by atoms with Crippen LogP contribution in [0.3, 0.4) is 0 Å². The van der Waals surface area contributed by atoms with Crippen molar-refractivity contribution in [1.82, 2.24) is 0 Å². The third-order valence-electron chi connectivity index (χ3n) is 3.32. The predicted molar refractivity (Wildman–Crippen MR) is 76.0 cm³/mol. The molecule has 104 valence electrons. The van der Waals surface area contributed by atoms with Crippen molar-refractivity contribution in [3.63, 3.8) is 0 Å². The smallest absolute Gasteiger partial charge is 0.497 e. The van der Waals surface area contributed by atoms with Gasteiger partial charge in [-0.2, -0.15) is 24.3 Å². The molecule has 3 nitrogen and oxygen atoms in total. The summed E-state index contributed by atoms with van der Waals surface area (Å²) in [6.07, 6.45) is 0. The zero-order chi connectivity index (χ0) is 14.0. The Morgan fingerprint density at radius 2 is 1.67 bits per heavy atom. The van der Waals surface area contributed by atoms with Crippen molar-refractivity contribution in [2.45, 2.75) is 5.79 Å². The van der Waals surface area contributed by atoms with Crippen LogP contribution < -0.4 is 23.6 Å². The number of halogens is 1. The Bertz CT molecular complexity index is 577. The molecule has 1 fully saturated rings. The van der Waals surface area contributed by atoms with Crippen LogP contribution in [0.25, 0.3) is 0 Å². The van der Waals surface area contributed by atoms with E-state index in [0.29, 0.717) is 18.2 Å². The van der Waals surface area contributed by atoms with E-state index in [-0.39, 0.29) is 18.9 Å². The van der Waals surface area contributed by atoms with Gasteiger partial charge in [-0.1, -0.05) is 22.7 Å². The van der Waals surface area contributed by atoms with Gasteiger partial charge in [0.25, 0.3) is 0 Å². The topological polar surface area (TPSA) is 27.7 Å². The maximum Gasteiger partial charge on any atom is 1.00 e. The Balaban J connectivity index is 0.00000161. The molecule has 5 heteroatoms. The zero-order valence-corrected chi connectivity index (χ0v) is 12.8. The predicted octanol–water partition coefficient (Wildman–Crippen LogP) is 0.401. The Morgan fingerprint density at radius 1 is 1.05 bits per heavy atom. The first-order valence-corrected chi connectivity index (χ1v) is 6.72. The minimum Gasteiger partial charge on any atom is -0.497 e. The van der Waals surface area contributed by atoms with Crippen LogP contribution in [-0.2, 0) is 15.3 Å². The van der Waals surface area contributed by atoms with Crippen LogP contribution in [0.5, 0.6) is 5.75 Å². The summed E-state index contributed by atoms with van der Waals surface area (Å²) in [7, 11) is 1.64. The van der Waals surface area contributed by atoms with E-state index in [2.05, 4.69) is 6.07 Å². The standard InChI is InChI=1S/C16H14ClO3.Li/c1-18-15-8-4-13(5-9-15)16(19-10-11-20-16)12-2-6-14(17)7-3-12;/h2-6,8-9H,10-11H2,1H3;/q-1;+1. The molecule has 0 saturated carbocycles. The molecule has 2 aromatic carbocycles. The number of rotatable bonds is 3. The van der Waals surface area contributed by atoms with Crippen LogP contribution in [0.1, 0.15) is 11.1 Å². The fraction of sp³-hybridized carbons (Fsp3) is 0.250. The van der Waals surface area contributed by atoms with Crippen LogP contribution in [0.15, 0.2) is 42.5 Å². The molecule has 0 atom stereocenters. The molecule has 0 aliphatic carbocycles. The molecule has 1 aliphatic heterocycles. The first kappa shape index (κ1) is 16.4. The van der Waals surface area contributed by atoms with Crippen LogP contribution in [-0.4, -0.2) is 20.3 Å². The zero-order valence-electron chi connectivity index (χ0n) is 12.1. The van der Waals surface area contributed by atoms with Gasteiger partial charge in [-0.15, -0.1) is 11.6 Å². The number of methoxy groups -OCH3 is 1. The molecule has 0 amide bonds. The summed E-state index contributed by atoms with van der Waals surface area (Å²) < 4.78 is 17.0. The van der Waals surface area contributed by atoms with Gasteiger partial charge in [0.1, 0.15) is 5.75 Å². The molecule has 1 aliphatic rings. The summed E-state index contributed by atoms with van der Waals surface area (Å²) in [6, 6.07) is 16.1. The Hall–Kier alpha value is -0.953. The Morgan fingerprint density at radius 3 is 2.19 bits per heavy atom. The van der Waals surface area contributed by atoms with E-state index < -0.39 is 5.79 Å². The molecule has 0 bridgehead atoms. The van der Waals surface area contributed by atoms with Crippen molar-refractivity contribution >= 4 is 11.6 Å². The second-order valence-corrected chi connectivity index (χ2v) is 4.87. The molecule has 21 heavy (non-hydrogen) atoms. The normalized spacial score (nSPS) is 16.3. The first-order chi connectivity index (χ1) is 9.74. The van der Waals surface area contributed by atoms with Crippen molar-refractivity contribution in [2.24, 2.45) is 0 Å². The van der Waals surface area contributed by atoms with Crippen molar-refractivity contribution in [3.8, 4) is 5.75 Å². The van der Waals surface area contributed by atoms with Crippen molar-refractivity contribution in [1.29, 1.82) is 0 Å². The number of hydrogen-bond acceptors (Lipinski definition) is 3. The van der Waals surface area contributed by atoms with Gasteiger partial charge in [0.15, 0.2) is 5.79 Å². The summed E-state index contributed by atoms with van der Waals surface area (Å²) in [6.45, 7) is 1.10. The van der Waals surface area contributed by atoms with Gasteiger partial charge in [0, 0.05) is 5.56 Å². The van der Waals surface area contributed by atoms with E-state index in [9.17, 15) is 0 Å². The van der Waals surface area contributed by atoms with E-state index in [1.807, 2.05) is 30.3 Å². The van der Waals surface area contributed by atoms with E-state index in [0.717, 1.165) is 16.9 Å². The van der Waals surface area contributed by atoms with Gasteiger partial charge in [-0.3, -0.25) is 0 Å². The van der Waals surface area contributed by atoms with Gasteiger partial charge in [-0.05, 0) is 12.1 Å². The summed E-state index contributed by atoms with van der Waals surface area (Å²) in [5.74, 6) is -0.0857. The maximum atomic E-state index is 5.90. The van der Waals surface area contributed by atoms with E-state index in [4.69, 9.17) is 25.8 Å². The summed E-state index contributed by atoms with van der Waals surface area (Å²) >= 11 is 5.90. The SMILES string of the molecule is COc1ccc(C2(c3c[c-]c(Cl)cc3)OCCO2)cc1.[Li+]. The average molecular weight is 297 g/mol. The van der Waals surface area contributed by atoms with Gasteiger partial charge in [0.05, 0.1) is 20.3 Å². The Labute approximate surface area is 141 Å². The summed E-state index contributed by atoms with van der Waals surface area (Å²) in [5, 5.41) is 0.566. The molecule has 0 aromatic heterocycles. The minimum atomic E-state index is -0.882. The number of hydrogen-bond donors (Lipinski definition) is 0. The summed E-state index contributed by atoms with van der Waals surface area (Å²) in [5.41, 5.74) is 1.80. The van der Waals surface area contributed by atoms with Crippen LogP contribution in [0.4, 0.5) is 0 Å². The molecular weight excluding hydrogens is 283 g/mol. The second-order valence-electron chi connectivity index (χ2n) is 4.47. The molecule has 0 N–H and O–H groups in total. The van der Waals surface area contributed by atoms with Crippen LogP contribution >= 0.6 is 11.6 Å². The van der Waals surface area contributed by atoms with Gasteiger partial charge in [-0.25, -0.2) is 0 Å². The van der Waals surface area contributed by atoms with E-state index in [1.54, 1.807) is 19.2 Å². The average Bonchev–Trinajstić information content (AvgIpc) is 2.99. The van der Waals surface area contributed by atoms with Gasteiger partial charge >= 0.3 is 18.9 Å². The monoisotopic (exact) mass is 296 g/mol. The Kier molecular flexibility index (Phi) is 5.37. The first-order valence-electron chi connectivity index (χ1n) is 6.35. The molecular formula is C16H14ClLiO3. The van der Waals surface area contributed by atoms with Crippen LogP contribution in [0.2, 0.25) is 5.02 Å². The molecule has 0 spiro atoms. The minimum absolute atomic E-state index is 0.